The fraction of sp³-hybridized carbons (Fsp3) is 0.440. The van der Waals surface area contributed by atoms with E-state index in [0.717, 1.165) is 22.3 Å². The Labute approximate surface area is 183 Å². The zero-order chi connectivity index (χ0) is 22.0. The van der Waals surface area contributed by atoms with Crippen molar-refractivity contribution in [1.82, 2.24) is 0 Å². The lowest BCUT2D eigenvalue weighted by atomic mass is 9.93. The van der Waals surface area contributed by atoms with E-state index in [1.165, 1.54) is 0 Å². The van der Waals surface area contributed by atoms with E-state index in [1.54, 1.807) is 6.08 Å². The van der Waals surface area contributed by atoms with Crippen LogP contribution in [0, 0.1) is 13.8 Å². The maximum absolute atomic E-state index is 10.6. The van der Waals surface area contributed by atoms with Crippen LogP contribution < -0.4 is 0 Å². The Hall–Kier alpha value is -2.06. The summed E-state index contributed by atoms with van der Waals surface area (Å²) in [5.41, 5.74) is 3.96. The van der Waals surface area contributed by atoms with E-state index in [1.807, 2.05) is 62.4 Å². The number of benzene rings is 2. The highest BCUT2D eigenvalue weighted by molar-refractivity contribution is 5.24. The molecule has 2 saturated heterocycles. The predicted octanol–water partition coefficient (Wildman–Crippen LogP) is 3.50. The molecule has 7 atom stereocenters. The Morgan fingerprint density at radius 2 is 1.35 bits per heavy atom. The van der Waals surface area contributed by atoms with Crippen molar-refractivity contribution < 1.29 is 29.2 Å². The summed E-state index contributed by atoms with van der Waals surface area (Å²) in [7, 11) is 0. The molecule has 2 fully saturated rings. The maximum atomic E-state index is 10.6. The highest BCUT2D eigenvalue weighted by Gasteiger charge is 2.51. The molecule has 31 heavy (non-hydrogen) atoms. The first-order valence-electron chi connectivity index (χ1n) is 10.6. The van der Waals surface area contributed by atoms with E-state index in [4.69, 9.17) is 18.9 Å². The van der Waals surface area contributed by atoms with Crippen LogP contribution in [-0.2, 0) is 18.9 Å². The van der Waals surface area contributed by atoms with Gasteiger partial charge in [0, 0.05) is 11.1 Å². The minimum Gasteiger partial charge on any atom is -0.394 e. The van der Waals surface area contributed by atoms with Crippen LogP contribution in [0.2, 0.25) is 0 Å². The van der Waals surface area contributed by atoms with Crippen LogP contribution in [0.25, 0.3) is 0 Å². The second-order valence-corrected chi connectivity index (χ2v) is 8.24. The van der Waals surface area contributed by atoms with Gasteiger partial charge in [0.25, 0.3) is 0 Å². The molecule has 0 saturated carbocycles. The van der Waals surface area contributed by atoms with Gasteiger partial charge in [-0.3, -0.25) is 0 Å². The molecule has 0 radical (unpaired) electrons. The molecular weight excluding hydrogens is 396 g/mol. The zero-order valence-corrected chi connectivity index (χ0v) is 17.9. The Balaban J connectivity index is 1.65. The van der Waals surface area contributed by atoms with E-state index >= 15 is 0 Å². The summed E-state index contributed by atoms with van der Waals surface area (Å²) in [4.78, 5) is 0. The first kappa shape index (κ1) is 22.1. The molecule has 6 nitrogen and oxygen atoms in total. The molecule has 6 heteroatoms. The molecule has 0 amide bonds. The van der Waals surface area contributed by atoms with E-state index in [2.05, 4.69) is 6.58 Å². The van der Waals surface area contributed by atoms with Gasteiger partial charge in [-0.25, -0.2) is 0 Å². The van der Waals surface area contributed by atoms with Crippen LogP contribution in [0.15, 0.2) is 61.2 Å². The highest BCUT2D eigenvalue weighted by Crippen LogP contribution is 2.42. The van der Waals surface area contributed by atoms with Gasteiger partial charge in [0.15, 0.2) is 12.6 Å². The van der Waals surface area contributed by atoms with Crippen LogP contribution in [0.4, 0.5) is 0 Å². The van der Waals surface area contributed by atoms with E-state index in [9.17, 15) is 10.2 Å². The SMILES string of the molecule is C=CCC1OC(c2ccc(C)cc2)OC2C(C(O)CO)OC(c3ccc(C)cc3)OC12. The van der Waals surface area contributed by atoms with Crippen molar-refractivity contribution in [3.63, 3.8) is 0 Å². The predicted molar refractivity (Wildman–Crippen MR) is 115 cm³/mol. The molecule has 2 aromatic carbocycles. The Morgan fingerprint density at radius 3 is 1.87 bits per heavy atom. The molecule has 4 rings (SSSR count). The summed E-state index contributed by atoms with van der Waals surface area (Å²) in [6.45, 7) is 7.44. The first-order valence-corrected chi connectivity index (χ1v) is 10.6. The molecule has 2 heterocycles. The summed E-state index contributed by atoms with van der Waals surface area (Å²) in [6, 6.07) is 15.7. The molecular formula is C25H30O6. The van der Waals surface area contributed by atoms with Crippen molar-refractivity contribution in [2.24, 2.45) is 0 Å². The van der Waals surface area contributed by atoms with Crippen molar-refractivity contribution in [1.29, 1.82) is 0 Å². The minimum atomic E-state index is -1.12. The molecule has 0 bridgehead atoms. The van der Waals surface area contributed by atoms with Crippen LogP contribution in [0.3, 0.4) is 0 Å². The molecule has 2 aliphatic heterocycles. The molecule has 0 aromatic heterocycles. The molecule has 166 valence electrons. The number of aliphatic hydroxyl groups excluding tert-OH is 2. The lowest BCUT2D eigenvalue weighted by Crippen LogP contribution is -2.61. The monoisotopic (exact) mass is 426 g/mol. The average molecular weight is 427 g/mol. The standard InChI is InChI=1S/C25H30O6/c1-4-5-20-22-23(31-24(28-20)17-10-6-15(2)7-11-17)21(19(27)14-26)29-25(30-22)18-12-8-16(3)9-13-18/h4,6-13,19-27H,1,5,14H2,2-3H3. The maximum Gasteiger partial charge on any atom is 0.184 e. The van der Waals surface area contributed by atoms with Crippen molar-refractivity contribution >= 4 is 0 Å². The van der Waals surface area contributed by atoms with Crippen LogP contribution >= 0.6 is 0 Å². The average Bonchev–Trinajstić information content (AvgIpc) is 2.79. The van der Waals surface area contributed by atoms with Crippen molar-refractivity contribution in [3.8, 4) is 0 Å². The van der Waals surface area contributed by atoms with Crippen molar-refractivity contribution in [3.05, 3.63) is 83.4 Å². The fourth-order valence-electron chi connectivity index (χ4n) is 4.05. The molecule has 7 unspecified atom stereocenters. The third-order valence-electron chi connectivity index (χ3n) is 5.82. The van der Waals surface area contributed by atoms with Gasteiger partial charge in [-0.05, 0) is 20.3 Å². The molecule has 0 spiro atoms. The third kappa shape index (κ3) is 4.75. The van der Waals surface area contributed by atoms with Gasteiger partial charge in [0.1, 0.15) is 24.4 Å². The summed E-state index contributed by atoms with van der Waals surface area (Å²) >= 11 is 0. The number of fused-ring (bicyclic) bond motifs is 1. The Morgan fingerprint density at radius 1 is 0.839 bits per heavy atom. The second-order valence-electron chi connectivity index (χ2n) is 8.24. The van der Waals surface area contributed by atoms with Crippen molar-refractivity contribution in [2.45, 2.75) is 63.4 Å². The van der Waals surface area contributed by atoms with E-state index < -0.39 is 43.6 Å². The number of hydrogen-bond acceptors (Lipinski definition) is 6. The van der Waals surface area contributed by atoms with Gasteiger partial charge in [-0.1, -0.05) is 65.7 Å². The van der Waals surface area contributed by atoms with Gasteiger partial charge in [0.2, 0.25) is 0 Å². The summed E-state index contributed by atoms with van der Waals surface area (Å²) < 4.78 is 24.9. The largest absolute Gasteiger partial charge is 0.394 e. The molecule has 2 N–H and O–H groups in total. The summed E-state index contributed by atoms with van der Waals surface area (Å²) in [5.74, 6) is 0. The van der Waals surface area contributed by atoms with Gasteiger partial charge in [-0.2, -0.15) is 0 Å². The lowest BCUT2D eigenvalue weighted by molar-refractivity contribution is -0.390. The van der Waals surface area contributed by atoms with E-state index in [0.29, 0.717) is 6.42 Å². The summed E-state index contributed by atoms with van der Waals surface area (Å²) in [6.07, 6.45) is -2.35. The number of rotatable bonds is 6. The van der Waals surface area contributed by atoms with Gasteiger partial charge in [0.05, 0.1) is 12.7 Å². The normalized spacial score (nSPS) is 31.6. The van der Waals surface area contributed by atoms with Gasteiger partial charge >= 0.3 is 0 Å². The van der Waals surface area contributed by atoms with Crippen LogP contribution in [-0.4, -0.2) is 47.3 Å². The molecule has 2 aliphatic rings. The topological polar surface area (TPSA) is 77.4 Å². The Bertz CT molecular complexity index is 865. The van der Waals surface area contributed by atoms with Crippen LogP contribution in [0.1, 0.15) is 41.3 Å². The third-order valence-corrected chi connectivity index (χ3v) is 5.82. The lowest BCUT2D eigenvalue weighted by Gasteiger charge is -2.50. The van der Waals surface area contributed by atoms with Gasteiger partial charge in [-0.15, -0.1) is 6.58 Å². The molecule has 0 aliphatic carbocycles. The van der Waals surface area contributed by atoms with Crippen molar-refractivity contribution in [2.75, 3.05) is 6.61 Å². The quantitative estimate of drug-likeness (QED) is 0.689. The van der Waals surface area contributed by atoms with Crippen LogP contribution in [0.5, 0.6) is 0 Å². The minimum absolute atomic E-state index is 0.340. The smallest absolute Gasteiger partial charge is 0.184 e. The van der Waals surface area contributed by atoms with E-state index in [-0.39, 0.29) is 6.10 Å². The van der Waals surface area contributed by atoms with Gasteiger partial charge < -0.3 is 29.2 Å². The zero-order valence-electron chi connectivity index (χ0n) is 17.9. The highest BCUT2D eigenvalue weighted by atomic mass is 16.8. The number of aliphatic hydroxyl groups is 2. The number of ether oxygens (including phenoxy) is 4. The first-order chi connectivity index (χ1) is 15.0. The number of hydrogen-bond donors (Lipinski definition) is 2. The second kappa shape index (κ2) is 9.61. The number of aryl methyl sites for hydroxylation is 2. The fourth-order valence-corrected chi connectivity index (χ4v) is 4.05. The summed E-state index contributed by atoms with van der Waals surface area (Å²) in [5, 5.41) is 20.2. The molecule has 2 aromatic rings. The Kier molecular flexibility index (Phi) is 6.86.